The molecular formula is C11H19N3. The molecule has 0 fully saturated rings. The summed E-state index contributed by atoms with van der Waals surface area (Å²) in [5.41, 5.74) is 7.94. The van der Waals surface area contributed by atoms with Crippen molar-refractivity contribution in [1.82, 2.24) is 9.97 Å². The number of hydrogen-bond donors (Lipinski definition) is 1. The zero-order valence-electron chi connectivity index (χ0n) is 9.30. The van der Waals surface area contributed by atoms with E-state index in [0.717, 1.165) is 36.3 Å². The molecule has 0 saturated carbocycles. The van der Waals surface area contributed by atoms with Crippen molar-refractivity contribution < 1.29 is 0 Å². The van der Waals surface area contributed by atoms with Crippen molar-refractivity contribution in [1.29, 1.82) is 0 Å². The quantitative estimate of drug-likeness (QED) is 0.798. The van der Waals surface area contributed by atoms with Gasteiger partial charge in [0.1, 0.15) is 11.6 Å². The van der Waals surface area contributed by atoms with Crippen LogP contribution in [0.25, 0.3) is 0 Å². The fourth-order valence-corrected chi connectivity index (χ4v) is 1.43. The van der Waals surface area contributed by atoms with Crippen LogP contribution in [0.3, 0.4) is 0 Å². The van der Waals surface area contributed by atoms with Gasteiger partial charge in [0, 0.05) is 17.7 Å². The van der Waals surface area contributed by atoms with E-state index in [1.165, 1.54) is 6.42 Å². The van der Waals surface area contributed by atoms with Gasteiger partial charge < -0.3 is 5.73 Å². The van der Waals surface area contributed by atoms with Crippen LogP contribution >= 0.6 is 0 Å². The van der Waals surface area contributed by atoms with Crippen LogP contribution in [0, 0.1) is 6.92 Å². The lowest BCUT2D eigenvalue weighted by Crippen LogP contribution is -2.06. The molecule has 1 aromatic heterocycles. The third kappa shape index (κ3) is 2.44. The van der Waals surface area contributed by atoms with Gasteiger partial charge in [0.25, 0.3) is 0 Å². The largest absolute Gasteiger partial charge is 0.383 e. The second-order valence-corrected chi connectivity index (χ2v) is 3.55. The Bertz CT molecular complexity index is 308. The second-order valence-electron chi connectivity index (χ2n) is 3.55. The standard InChI is InChI=1S/C11H19N3/c1-4-6-7-10-13-9(5-2)8(3)11(12)14-10/h4-7H2,1-3H3,(H2,12,13,14). The lowest BCUT2D eigenvalue weighted by atomic mass is 10.1. The molecule has 0 aliphatic heterocycles. The van der Waals surface area contributed by atoms with Crippen LogP contribution < -0.4 is 5.73 Å². The van der Waals surface area contributed by atoms with Gasteiger partial charge in [-0.15, -0.1) is 0 Å². The molecule has 3 nitrogen and oxygen atoms in total. The Hall–Kier alpha value is -1.12. The average molecular weight is 193 g/mol. The number of nitrogens with two attached hydrogens (primary N) is 1. The summed E-state index contributed by atoms with van der Waals surface area (Å²) in [7, 11) is 0. The SMILES string of the molecule is CCCCc1nc(N)c(C)c(CC)n1. The van der Waals surface area contributed by atoms with Crippen molar-refractivity contribution >= 4 is 5.82 Å². The molecule has 2 N–H and O–H groups in total. The third-order valence-electron chi connectivity index (χ3n) is 2.42. The molecule has 0 bridgehead atoms. The molecule has 0 unspecified atom stereocenters. The topological polar surface area (TPSA) is 51.8 Å². The summed E-state index contributed by atoms with van der Waals surface area (Å²) >= 11 is 0. The lowest BCUT2D eigenvalue weighted by molar-refractivity contribution is 0.743. The Morgan fingerprint density at radius 2 is 1.93 bits per heavy atom. The second kappa shape index (κ2) is 4.94. The Morgan fingerprint density at radius 3 is 2.50 bits per heavy atom. The summed E-state index contributed by atoms with van der Waals surface area (Å²) in [5.74, 6) is 1.54. The minimum absolute atomic E-state index is 0.642. The van der Waals surface area contributed by atoms with Crippen LogP contribution in [-0.4, -0.2) is 9.97 Å². The van der Waals surface area contributed by atoms with Crippen molar-refractivity contribution in [2.24, 2.45) is 0 Å². The highest BCUT2D eigenvalue weighted by atomic mass is 14.9. The predicted molar refractivity (Wildman–Crippen MR) is 59.2 cm³/mol. The summed E-state index contributed by atoms with van der Waals surface area (Å²) in [6, 6.07) is 0. The van der Waals surface area contributed by atoms with Gasteiger partial charge in [0.2, 0.25) is 0 Å². The Balaban J connectivity index is 2.91. The van der Waals surface area contributed by atoms with Crippen LogP contribution in [0.4, 0.5) is 5.82 Å². The number of hydrogen-bond acceptors (Lipinski definition) is 3. The number of rotatable bonds is 4. The van der Waals surface area contributed by atoms with Crippen molar-refractivity contribution in [3.05, 3.63) is 17.1 Å². The number of nitrogen functional groups attached to an aromatic ring is 1. The first-order valence-electron chi connectivity index (χ1n) is 5.30. The lowest BCUT2D eigenvalue weighted by Gasteiger charge is -2.07. The maximum absolute atomic E-state index is 5.82. The van der Waals surface area contributed by atoms with E-state index in [0.29, 0.717) is 5.82 Å². The third-order valence-corrected chi connectivity index (χ3v) is 2.42. The zero-order chi connectivity index (χ0) is 10.6. The van der Waals surface area contributed by atoms with Crippen molar-refractivity contribution in [2.45, 2.75) is 46.5 Å². The molecule has 3 heteroatoms. The highest BCUT2D eigenvalue weighted by Crippen LogP contribution is 2.13. The first kappa shape index (κ1) is 11.0. The van der Waals surface area contributed by atoms with Gasteiger partial charge in [0.15, 0.2) is 0 Å². The normalized spacial score (nSPS) is 10.5. The summed E-state index contributed by atoms with van der Waals surface area (Å²) in [5, 5.41) is 0. The summed E-state index contributed by atoms with van der Waals surface area (Å²) in [6.07, 6.45) is 4.16. The summed E-state index contributed by atoms with van der Waals surface area (Å²) in [6.45, 7) is 6.24. The first-order valence-corrected chi connectivity index (χ1v) is 5.30. The molecule has 1 aromatic rings. The monoisotopic (exact) mass is 193 g/mol. The van der Waals surface area contributed by atoms with E-state index in [1.54, 1.807) is 0 Å². The number of nitrogens with zero attached hydrogens (tertiary/aromatic N) is 2. The van der Waals surface area contributed by atoms with Gasteiger partial charge in [0.05, 0.1) is 0 Å². The number of aryl methyl sites for hydroxylation is 2. The number of anilines is 1. The zero-order valence-corrected chi connectivity index (χ0v) is 9.30. The van der Waals surface area contributed by atoms with Crippen LogP contribution in [0.15, 0.2) is 0 Å². The fourth-order valence-electron chi connectivity index (χ4n) is 1.43. The molecule has 0 aliphatic carbocycles. The van der Waals surface area contributed by atoms with E-state index in [2.05, 4.69) is 23.8 Å². The minimum Gasteiger partial charge on any atom is -0.383 e. The van der Waals surface area contributed by atoms with E-state index in [1.807, 2.05) is 6.92 Å². The Kier molecular flexibility index (Phi) is 3.86. The number of aromatic nitrogens is 2. The molecule has 1 rings (SSSR count). The van der Waals surface area contributed by atoms with E-state index in [9.17, 15) is 0 Å². The van der Waals surface area contributed by atoms with Crippen molar-refractivity contribution in [3.8, 4) is 0 Å². The molecule has 0 amide bonds. The van der Waals surface area contributed by atoms with E-state index >= 15 is 0 Å². The maximum Gasteiger partial charge on any atom is 0.131 e. The predicted octanol–water partition coefficient (Wildman–Crippen LogP) is 2.27. The fraction of sp³-hybridized carbons (Fsp3) is 0.636. The van der Waals surface area contributed by atoms with Gasteiger partial charge in [-0.1, -0.05) is 20.3 Å². The molecular weight excluding hydrogens is 174 g/mol. The van der Waals surface area contributed by atoms with Crippen LogP contribution in [-0.2, 0) is 12.8 Å². The highest BCUT2D eigenvalue weighted by Gasteiger charge is 2.06. The molecule has 0 aliphatic rings. The summed E-state index contributed by atoms with van der Waals surface area (Å²) < 4.78 is 0. The molecule has 1 heterocycles. The van der Waals surface area contributed by atoms with Crippen molar-refractivity contribution in [2.75, 3.05) is 5.73 Å². The van der Waals surface area contributed by atoms with E-state index < -0.39 is 0 Å². The van der Waals surface area contributed by atoms with E-state index in [-0.39, 0.29) is 0 Å². The molecule has 0 saturated heterocycles. The molecule has 0 aromatic carbocycles. The van der Waals surface area contributed by atoms with Crippen molar-refractivity contribution in [3.63, 3.8) is 0 Å². The van der Waals surface area contributed by atoms with Gasteiger partial charge in [-0.3, -0.25) is 0 Å². The smallest absolute Gasteiger partial charge is 0.131 e. The first-order chi connectivity index (χ1) is 6.69. The number of unbranched alkanes of at least 4 members (excludes halogenated alkanes) is 1. The Morgan fingerprint density at radius 1 is 1.21 bits per heavy atom. The van der Waals surface area contributed by atoms with Crippen LogP contribution in [0.5, 0.6) is 0 Å². The van der Waals surface area contributed by atoms with Crippen LogP contribution in [0.1, 0.15) is 43.8 Å². The summed E-state index contributed by atoms with van der Waals surface area (Å²) in [4.78, 5) is 8.78. The molecule has 78 valence electrons. The van der Waals surface area contributed by atoms with E-state index in [4.69, 9.17) is 5.73 Å². The maximum atomic E-state index is 5.82. The van der Waals surface area contributed by atoms with Gasteiger partial charge in [-0.25, -0.2) is 9.97 Å². The van der Waals surface area contributed by atoms with Gasteiger partial charge >= 0.3 is 0 Å². The minimum atomic E-state index is 0.642. The Labute approximate surface area is 85.8 Å². The highest BCUT2D eigenvalue weighted by molar-refractivity contribution is 5.41. The average Bonchev–Trinajstić information content (AvgIpc) is 2.19. The van der Waals surface area contributed by atoms with Gasteiger partial charge in [-0.05, 0) is 19.8 Å². The molecule has 0 spiro atoms. The molecule has 0 atom stereocenters. The van der Waals surface area contributed by atoms with Gasteiger partial charge in [-0.2, -0.15) is 0 Å². The van der Waals surface area contributed by atoms with Crippen LogP contribution in [0.2, 0.25) is 0 Å². The molecule has 14 heavy (non-hydrogen) atoms. The molecule has 0 radical (unpaired) electrons.